The van der Waals surface area contributed by atoms with Crippen LogP contribution in [0.2, 0.25) is 0 Å². The molecule has 112 valence electrons. The molecule has 21 heavy (non-hydrogen) atoms. The van der Waals surface area contributed by atoms with Crippen molar-refractivity contribution >= 4 is 34.9 Å². The van der Waals surface area contributed by atoms with Gasteiger partial charge in [-0.25, -0.2) is 0 Å². The molecule has 1 aliphatic heterocycles. The average Bonchev–Trinajstić information content (AvgIpc) is 2.47. The van der Waals surface area contributed by atoms with E-state index in [1.165, 1.54) is 0 Å². The van der Waals surface area contributed by atoms with Crippen LogP contribution in [0.15, 0.2) is 36.5 Å². The largest absolute Gasteiger partial charge is 0.326 e. The van der Waals surface area contributed by atoms with Gasteiger partial charge in [0.25, 0.3) is 0 Å². The SMILES string of the molecule is C[C@H]1C[C@@H](C(=O)Nc2ccc3ncccc3c2)CCN1.Cl. The first-order chi connectivity index (χ1) is 9.72. The van der Waals surface area contributed by atoms with Gasteiger partial charge in [0.2, 0.25) is 5.91 Å². The number of hydrogen-bond donors (Lipinski definition) is 2. The van der Waals surface area contributed by atoms with Crippen LogP contribution in [0, 0.1) is 5.92 Å². The highest BCUT2D eigenvalue weighted by Crippen LogP contribution is 2.21. The molecule has 0 saturated carbocycles. The van der Waals surface area contributed by atoms with Crippen molar-refractivity contribution in [3.05, 3.63) is 36.5 Å². The first kappa shape index (κ1) is 15.7. The minimum absolute atomic E-state index is 0. The maximum Gasteiger partial charge on any atom is 0.227 e. The van der Waals surface area contributed by atoms with Crippen LogP contribution in [-0.4, -0.2) is 23.5 Å². The summed E-state index contributed by atoms with van der Waals surface area (Å²) >= 11 is 0. The Labute approximate surface area is 130 Å². The fourth-order valence-corrected chi connectivity index (χ4v) is 2.77. The van der Waals surface area contributed by atoms with Crippen LogP contribution in [0.25, 0.3) is 10.9 Å². The topological polar surface area (TPSA) is 54.0 Å². The Hall–Kier alpha value is -1.65. The van der Waals surface area contributed by atoms with Gasteiger partial charge in [-0.05, 0) is 50.6 Å². The van der Waals surface area contributed by atoms with Crippen LogP contribution in [0.3, 0.4) is 0 Å². The summed E-state index contributed by atoms with van der Waals surface area (Å²) in [4.78, 5) is 16.6. The number of piperidine rings is 1. The number of fused-ring (bicyclic) bond motifs is 1. The highest BCUT2D eigenvalue weighted by molar-refractivity contribution is 5.95. The van der Waals surface area contributed by atoms with Crippen LogP contribution < -0.4 is 10.6 Å². The fraction of sp³-hybridized carbons (Fsp3) is 0.375. The predicted octanol–water partition coefficient (Wildman–Crippen LogP) is 2.98. The maximum atomic E-state index is 12.3. The molecule has 1 aromatic heterocycles. The summed E-state index contributed by atoms with van der Waals surface area (Å²) in [5, 5.41) is 7.44. The van der Waals surface area contributed by atoms with Crippen molar-refractivity contribution < 1.29 is 4.79 Å². The Morgan fingerprint density at radius 1 is 1.38 bits per heavy atom. The van der Waals surface area contributed by atoms with Crippen LogP contribution >= 0.6 is 12.4 Å². The molecule has 5 heteroatoms. The lowest BCUT2D eigenvalue weighted by Crippen LogP contribution is -2.40. The van der Waals surface area contributed by atoms with Gasteiger partial charge in [0.1, 0.15) is 0 Å². The normalized spacial score (nSPS) is 21.6. The molecule has 0 unspecified atom stereocenters. The molecular formula is C16H20ClN3O. The molecule has 1 aliphatic rings. The average molecular weight is 306 g/mol. The molecule has 2 N–H and O–H groups in total. The number of halogens is 1. The number of anilines is 1. The monoisotopic (exact) mass is 305 g/mol. The number of aromatic nitrogens is 1. The number of amides is 1. The summed E-state index contributed by atoms with van der Waals surface area (Å²) < 4.78 is 0. The van der Waals surface area contributed by atoms with Gasteiger partial charge in [-0.3, -0.25) is 9.78 Å². The Morgan fingerprint density at radius 2 is 2.24 bits per heavy atom. The van der Waals surface area contributed by atoms with Gasteiger partial charge < -0.3 is 10.6 Å². The molecule has 2 aromatic rings. The zero-order chi connectivity index (χ0) is 13.9. The number of benzene rings is 1. The van der Waals surface area contributed by atoms with E-state index in [4.69, 9.17) is 0 Å². The van der Waals surface area contributed by atoms with E-state index in [9.17, 15) is 4.79 Å². The quantitative estimate of drug-likeness (QED) is 0.897. The third-order valence-electron chi connectivity index (χ3n) is 3.86. The molecule has 2 heterocycles. The number of carbonyl (C=O) groups is 1. The lowest BCUT2D eigenvalue weighted by Gasteiger charge is -2.27. The molecule has 1 saturated heterocycles. The molecule has 1 aromatic carbocycles. The fourth-order valence-electron chi connectivity index (χ4n) is 2.77. The molecule has 3 rings (SSSR count). The van der Waals surface area contributed by atoms with Gasteiger partial charge in [0.15, 0.2) is 0 Å². The van der Waals surface area contributed by atoms with Crippen molar-refractivity contribution in [2.75, 3.05) is 11.9 Å². The van der Waals surface area contributed by atoms with Crippen LogP contribution in [0.4, 0.5) is 5.69 Å². The Morgan fingerprint density at radius 3 is 3.05 bits per heavy atom. The van der Waals surface area contributed by atoms with Gasteiger partial charge >= 0.3 is 0 Å². The van der Waals surface area contributed by atoms with Crippen molar-refractivity contribution in [2.45, 2.75) is 25.8 Å². The van der Waals surface area contributed by atoms with E-state index < -0.39 is 0 Å². The summed E-state index contributed by atoms with van der Waals surface area (Å²) in [5.41, 5.74) is 1.79. The summed E-state index contributed by atoms with van der Waals surface area (Å²) in [7, 11) is 0. The first-order valence-corrected chi connectivity index (χ1v) is 7.11. The van der Waals surface area contributed by atoms with Gasteiger partial charge in [0, 0.05) is 29.2 Å². The standard InChI is InChI=1S/C16H19N3O.ClH/c1-11-9-13(6-8-17-11)16(20)19-14-4-5-15-12(10-14)3-2-7-18-15;/h2-5,7,10-11,13,17H,6,8-9H2,1H3,(H,19,20);1H/t11-,13-;/m0./s1. The molecule has 0 spiro atoms. The van der Waals surface area contributed by atoms with Crippen LogP contribution in [-0.2, 0) is 4.79 Å². The highest BCUT2D eigenvalue weighted by Gasteiger charge is 2.24. The third-order valence-corrected chi connectivity index (χ3v) is 3.86. The molecule has 0 bridgehead atoms. The van der Waals surface area contributed by atoms with Gasteiger partial charge in [-0.1, -0.05) is 6.07 Å². The smallest absolute Gasteiger partial charge is 0.227 e. The number of hydrogen-bond acceptors (Lipinski definition) is 3. The number of pyridine rings is 1. The van der Waals surface area contributed by atoms with E-state index in [-0.39, 0.29) is 24.2 Å². The number of nitrogens with one attached hydrogen (secondary N) is 2. The molecule has 4 nitrogen and oxygen atoms in total. The number of carbonyl (C=O) groups excluding carboxylic acids is 1. The molecule has 2 atom stereocenters. The van der Waals surface area contributed by atoms with Crippen molar-refractivity contribution in [3.8, 4) is 0 Å². The van der Waals surface area contributed by atoms with Crippen LogP contribution in [0.5, 0.6) is 0 Å². The minimum Gasteiger partial charge on any atom is -0.326 e. The first-order valence-electron chi connectivity index (χ1n) is 7.11. The lowest BCUT2D eigenvalue weighted by atomic mass is 9.92. The summed E-state index contributed by atoms with van der Waals surface area (Å²) in [6.07, 6.45) is 3.59. The van der Waals surface area contributed by atoms with Gasteiger partial charge in [-0.2, -0.15) is 0 Å². The second-order valence-electron chi connectivity index (χ2n) is 5.48. The molecule has 0 radical (unpaired) electrons. The molecule has 1 fully saturated rings. The number of rotatable bonds is 2. The van der Waals surface area contributed by atoms with Crippen molar-refractivity contribution in [3.63, 3.8) is 0 Å². The van der Waals surface area contributed by atoms with Crippen LogP contribution in [0.1, 0.15) is 19.8 Å². The summed E-state index contributed by atoms with van der Waals surface area (Å²) in [6, 6.07) is 10.2. The van der Waals surface area contributed by atoms with E-state index in [2.05, 4.69) is 22.5 Å². The molecule has 0 aliphatic carbocycles. The second-order valence-corrected chi connectivity index (χ2v) is 5.48. The highest BCUT2D eigenvalue weighted by atomic mass is 35.5. The minimum atomic E-state index is 0. The Bertz CT molecular complexity index is 632. The Balaban J connectivity index is 0.00000161. The van der Waals surface area contributed by atoms with Gasteiger partial charge in [0.05, 0.1) is 5.52 Å². The summed E-state index contributed by atoms with van der Waals surface area (Å²) in [5.74, 6) is 0.234. The zero-order valence-electron chi connectivity index (χ0n) is 12.0. The van der Waals surface area contributed by atoms with E-state index in [0.717, 1.165) is 36.0 Å². The Kier molecular flexibility index (Phi) is 5.15. The predicted molar refractivity (Wildman–Crippen MR) is 87.8 cm³/mol. The number of nitrogens with zero attached hydrogens (tertiary/aromatic N) is 1. The molecule has 1 amide bonds. The van der Waals surface area contributed by atoms with E-state index >= 15 is 0 Å². The second kappa shape index (κ2) is 6.87. The van der Waals surface area contributed by atoms with Crippen molar-refractivity contribution in [2.24, 2.45) is 5.92 Å². The summed E-state index contributed by atoms with van der Waals surface area (Å²) in [6.45, 7) is 3.04. The lowest BCUT2D eigenvalue weighted by molar-refractivity contribution is -0.120. The van der Waals surface area contributed by atoms with Crippen molar-refractivity contribution in [1.82, 2.24) is 10.3 Å². The van der Waals surface area contributed by atoms with Crippen molar-refractivity contribution in [1.29, 1.82) is 0 Å². The van der Waals surface area contributed by atoms with E-state index in [0.29, 0.717) is 6.04 Å². The van der Waals surface area contributed by atoms with E-state index in [1.807, 2.05) is 30.3 Å². The molecular weight excluding hydrogens is 286 g/mol. The van der Waals surface area contributed by atoms with Gasteiger partial charge in [-0.15, -0.1) is 12.4 Å². The maximum absolute atomic E-state index is 12.3. The zero-order valence-corrected chi connectivity index (χ0v) is 12.8. The van der Waals surface area contributed by atoms with E-state index in [1.54, 1.807) is 6.20 Å². The third kappa shape index (κ3) is 3.71.